The highest BCUT2D eigenvalue weighted by Gasteiger charge is 2.12. The second-order valence-corrected chi connectivity index (χ2v) is 7.72. The lowest BCUT2D eigenvalue weighted by molar-refractivity contribution is -0.116. The summed E-state index contributed by atoms with van der Waals surface area (Å²) in [6, 6.07) is 11.6. The van der Waals surface area contributed by atoms with Crippen LogP contribution >= 0.6 is 0 Å². The summed E-state index contributed by atoms with van der Waals surface area (Å²) in [6.45, 7) is 2.82. The lowest BCUT2D eigenvalue weighted by Crippen LogP contribution is -2.25. The van der Waals surface area contributed by atoms with E-state index in [2.05, 4.69) is 17.3 Å². The van der Waals surface area contributed by atoms with Crippen molar-refractivity contribution in [3.05, 3.63) is 53.6 Å². The molecular weight excluding hydrogens is 408 g/mol. The minimum Gasteiger partial charge on any atom is -0.497 e. The maximum absolute atomic E-state index is 12.0. The second kappa shape index (κ2) is 12.0. The second-order valence-electron chi connectivity index (χ2n) is 7.72. The Morgan fingerprint density at radius 2 is 1.78 bits per heavy atom. The summed E-state index contributed by atoms with van der Waals surface area (Å²) >= 11 is 0. The zero-order valence-corrected chi connectivity index (χ0v) is 19.1. The summed E-state index contributed by atoms with van der Waals surface area (Å²) in [5.74, 6) is 2.97. The van der Waals surface area contributed by atoms with E-state index < -0.39 is 0 Å². The summed E-state index contributed by atoms with van der Waals surface area (Å²) in [4.78, 5) is 14.3. The Morgan fingerprint density at radius 3 is 2.53 bits per heavy atom. The van der Waals surface area contributed by atoms with Crippen LogP contribution < -0.4 is 24.3 Å². The molecule has 0 aromatic heterocycles. The molecule has 1 N–H and O–H groups in total. The number of amides is 1. The number of nitrogens with zero attached hydrogens (tertiary/aromatic N) is 1. The molecule has 2 aromatic rings. The van der Waals surface area contributed by atoms with Crippen molar-refractivity contribution in [2.75, 3.05) is 47.7 Å². The lowest BCUT2D eigenvalue weighted by atomic mass is 10.1. The monoisotopic (exact) mass is 440 g/mol. The number of carbonyl (C=O) groups is 1. The van der Waals surface area contributed by atoms with Gasteiger partial charge in [-0.05, 0) is 74.3 Å². The number of benzene rings is 2. The van der Waals surface area contributed by atoms with Gasteiger partial charge in [0.25, 0.3) is 0 Å². The van der Waals surface area contributed by atoms with Gasteiger partial charge in [0.1, 0.15) is 11.5 Å². The average molecular weight is 441 g/mol. The van der Waals surface area contributed by atoms with E-state index in [4.69, 9.17) is 18.9 Å². The molecule has 0 unspecified atom stereocenters. The molecule has 3 rings (SSSR count). The molecule has 0 aliphatic carbocycles. The Hall–Kier alpha value is -3.19. The smallest absolute Gasteiger partial charge is 0.243 e. The van der Waals surface area contributed by atoms with E-state index in [0.717, 1.165) is 55.2 Å². The summed E-state index contributed by atoms with van der Waals surface area (Å²) in [5, 5.41) is 2.93. The van der Waals surface area contributed by atoms with Gasteiger partial charge in [-0.25, -0.2) is 0 Å². The molecule has 0 saturated heterocycles. The van der Waals surface area contributed by atoms with Crippen LogP contribution in [0.4, 0.5) is 0 Å². The SMILES string of the molecule is COc1cc(CCN(C)CCCCNC(=O)/C=C/c2ccc3c(c2)OCO3)cc(OC)c1. The first-order chi connectivity index (χ1) is 15.6. The molecule has 1 heterocycles. The highest BCUT2D eigenvalue weighted by atomic mass is 16.7. The van der Waals surface area contributed by atoms with E-state index in [1.807, 2.05) is 36.4 Å². The van der Waals surface area contributed by atoms with Gasteiger partial charge in [0.2, 0.25) is 12.7 Å². The quantitative estimate of drug-likeness (QED) is 0.402. The molecule has 0 spiro atoms. The van der Waals surface area contributed by atoms with Gasteiger partial charge in [-0.15, -0.1) is 0 Å². The Labute approximate surface area is 189 Å². The summed E-state index contributed by atoms with van der Waals surface area (Å²) in [5.41, 5.74) is 2.09. The van der Waals surface area contributed by atoms with Crippen LogP contribution in [0.25, 0.3) is 6.08 Å². The van der Waals surface area contributed by atoms with Crippen LogP contribution in [0.3, 0.4) is 0 Å². The Morgan fingerprint density at radius 1 is 1.03 bits per heavy atom. The van der Waals surface area contributed by atoms with Gasteiger partial charge in [0.05, 0.1) is 14.2 Å². The summed E-state index contributed by atoms with van der Waals surface area (Å²) < 4.78 is 21.3. The van der Waals surface area contributed by atoms with E-state index in [9.17, 15) is 4.79 Å². The third kappa shape index (κ3) is 7.20. The fourth-order valence-electron chi connectivity index (χ4n) is 3.41. The van der Waals surface area contributed by atoms with E-state index in [1.165, 1.54) is 5.56 Å². The maximum Gasteiger partial charge on any atom is 0.243 e. The van der Waals surface area contributed by atoms with Gasteiger partial charge in [0, 0.05) is 25.2 Å². The topological polar surface area (TPSA) is 69.3 Å². The molecule has 1 amide bonds. The predicted molar refractivity (Wildman–Crippen MR) is 125 cm³/mol. The van der Waals surface area contributed by atoms with E-state index in [0.29, 0.717) is 12.3 Å². The van der Waals surface area contributed by atoms with Gasteiger partial charge >= 0.3 is 0 Å². The average Bonchev–Trinajstić information content (AvgIpc) is 3.28. The normalized spacial score (nSPS) is 12.4. The summed E-state index contributed by atoms with van der Waals surface area (Å²) in [6.07, 6.45) is 6.20. The van der Waals surface area contributed by atoms with Crippen LogP contribution in [0.1, 0.15) is 24.0 Å². The number of carbonyl (C=O) groups excluding carboxylic acids is 1. The number of fused-ring (bicyclic) bond motifs is 1. The number of rotatable bonds is 12. The molecule has 0 bridgehead atoms. The molecule has 0 atom stereocenters. The first kappa shape index (κ1) is 23.5. The number of nitrogens with one attached hydrogen (secondary N) is 1. The Bertz CT molecular complexity index is 906. The maximum atomic E-state index is 12.0. The van der Waals surface area contributed by atoms with Crippen molar-refractivity contribution in [2.24, 2.45) is 0 Å². The van der Waals surface area contributed by atoms with Gasteiger partial charge in [0.15, 0.2) is 11.5 Å². The van der Waals surface area contributed by atoms with Crippen LogP contribution in [-0.4, -0.2) is 58.5 Å². The zero-order chi connectivity index (χ0) is 22.8. The number of unbranched alkanes of at least 4 members (excludes halogenated alkanes) is 1. The fourth-order valence-corrected chi connectivity index (χ4v) is 3.41. The molecule has 0 radical (unpaired) electrons. The molecule has 7 heteroatoms. The fraction of sp³-hybridized carbons (Fsp3) is 0.400. The van der Waals surface area contributed by atoms with E-state index >= 15 is 0 Å². The van der Waals surface area contributed by atoms with Crippen molar-refractivity contribution in [1.82, 2.24) is 10.2 Å². The van der Waals surface area contributed by atoms with Crippen molar-refractivity contribution in [1.29, 1.82) is 0 Å². The molecule has 0 fully saturated rings. The van der Waals surface area contributed by atoms with Crippen LogP contribution in [0.15, 0.2) is 42.5 Å². The standard InChI is InChI=1S/C25H32N2O5/c1-27(13-10-20-14-21(29-2)17-22(15-20)30-3)12-5-4-11-26-25(28)9-7-19-6-8-23-24(16-19)32-18-31-23/h6-9,14-17H,4-5,10-13,18H2,1-3H3,(H,26,28)/b9-7+. The highest BCUT2D eigenvalue weighted by Crippen LogP contribution is 2.32. The first-order valence-electron chi connectivity index (χ1n) is 10.8. The van der Waals surface area contributed by atoms with Crippen LogP contribution in [0.5, 0.6) is 23.0 Å². The van der Waals surface area contributed by atoms with Crippen molar-refractivity contribution in [2.45, 2.75) is 19.3 Å². The minimum atomic E-state index is -0.0945. The molecule has 1 aliphatic heterocycles. The Balaban J connectivity index is 1.30. The van der Waals surface area contributed by atoms with Gasteiger partial charge in [-0.1, -0.05) is 6.07 Å². The molecule has 2 aromatic carbocycles. The lowest BCUT2D eigenvalue weighted by Gasteiger charge is -2.17. The highest BCUT2D eigenvalue weighted by molar-refractivity contribution is 5.91. The third-order valence-electron chi connectivity index (χ3n) is 5.28. The molecular formula is C25H32N2O5. The van der Waals surface area contributed by atoms with Crippen LogP contribution in [0.2, 0.25) is 0 Å². The Kier molecular flexibility index (Phi) is 8.80. The molecule has 1 aliphatic rings. The van der Waals surface area contributed by atoms with Crippen molar-refractivity contribution >= 4 is 12.0 Å². The molecule has 32 heavy (non-hydrogen) atoms. The number of hydrogen-bond donors (Lipinski definition) is 1. The van der Waals surface area contributed by atoms with Gasteiger partial charge in [-0.3, -0.25) is 4.79 Å². The number of likely N-dealkylation sites (N-methyl/N-ethyl adjacent to an activating group) is 1. The van der Waals surface area contributed by atoms with Crippen molar-refractivity contribution in [3.8, 4) is 23.0 Å². The number of hydrogen-bond acceptors (Lipinski definition) is 6. The summed E-state index contributed by atoms with van der Waals surface area (Å²) in [7, 11) is 5.44. The van der Waals surface area contributed by atoms with Crippen molar-refractivity contribution < 1.29 is 23.7 Å². The van der Waals surface area contributed by atoms with Crippen LogP contribution in [-0.2, 0) is 11.2 Å². The largest absolute Gasteiger partial charge is 0.497 e. The van der Waals surface area contributed by atoms with Gasteiger partial charge < -0.3 is 29.2 Å². The van der Waals surface area contributed by atoms with Gasteiger partial charge in [-0.2, -0.15) is 0 Å². The van der Waals surface area contributed by atoms with Crippen molar-refractivity contribution in [3.63, 3.8) is 0 Å². The minimum absolute atomic E-state index is 0.0945. The first-order valence-corrected chi connectivity index (χ1v) is 10.8. The van der Waals surface area contributed by atoms with Crippen LogP contribution in [0, 0.1) is 0 Å². The zero-order valence-electron chi connectivity index (χ0n) is 19.1. The predicted octanol–water partition coefficient (Wildman–Crippen LogP) is 3.52. The number of methoxy groups -OCH3 is 2. The van der Waals surface area contributed by atoms with E-state index in [-0.39, 0.29) is 12.7 Å². The van der Waals surface area contributed by atoms with E-state index in [1.54, 1.807) is 26.4 Å². The molecule has 172 valence electrons. The molecule has 7 nitrogen and oxygen atoms in total. The molecule has 0 saturated carbocycles. The third-order valence-corrected chi connectivity index (χ3v) is 5.28. The number of ether oxygens (including phenoxy) is 4.